The summed E-state index contributed by atoms with van der Waals surface area (Å²) in [6, 6.07) is 0. The van der Waals surface area contributed by atoms with Gasteiger partial charge in [0.1, 0.15) is 5.84 Å². The molecule has 1 saturated heterocycles. The number of hydrogen-bond donors (Lipinski definition) is 2. The van der Waals surface area contributed by atoms with E-state index in [1.165, 1.54) is 0 Å². The van der Waals surface area contributed by atoms with E-state index < -0.39 is 0 Å². The van der Waals surface area contributed by atoms with Crippen LogP contribution in [0, 0.1) is 11.8 Å². The van der Waals surface area contributed by atoms with Gasteiger partial charge in [0.05, 0.1) is 0 Å². The monoisotopic (exact) mass is 241 g/mol. The van der Waals surface area contributed by atoms with Crippen molar-refractivity contribution in [2.45, 2.75) is 39.5 Å². The molecule has 0 bridgehead atoms. The van der Waals surface area contributed by atoms with Gasteiger partial charge < -0.3 is 15.8 Å². The maximum Gasteiger partial charge on any atom is 0.222 e. The topological polar surface area (TPSA) is 78.9 Å². The van der Waals surface area contributed by atoms with Gasteiger partial charge in [-0.2, -0.15) is 0 Å². The minimum atomic E-state index is 0.0109. The number of nitrogens with two attached hydrogens (primary N) is 1. The molecule has 1 rings (SSSR count). The van der Waals surface area contributed by atoms with Crippen LogP contribution >= 0.6 is 0 Å². The fourth-order valence-electron chi connectivity index (χ4n) is 2.10. The fourth-order valence-corrected chi connectivity index (χ4v) is 2.10. The van der Waals surface area contributed by atoms with Gasteiger partial charge in [-0.3, -0.25) is 4.79 Å². The highest BCUT2D eigenvalue weighted by molar-refractivity contribution is 5.83. The van der Waals surface area contributed by atoms with Crippen LogP contribution in [0.2, 0.25) is 0 Å². The number of amides is 1. The number of carbonyl (C=O) groups is 1. The molecule has 98 valence electrons. The second-order valence-corrected chi connectivity index (χ2v) is 5.14. The summed E-state index contributed by atoms with van der Waals surface area (Å²) in [4.78, 5) is 13.8. The molecule has 0 aromatic heterocycles. The van der Waals surface area contributed by atoms with Gasteiger partial charge in [-0.15, -0.1) is 0 Å². The van der Waals surface area contributed by atoms with Crippen molar-refractivity contribution in [2.24, 2.45) is 22.7 Å². The number of amidine groups is 1. The molecule has 0 aromatic rings. The quantitative estimate of drug-likeness (QED) is 0.338. The summed E-state index contributed by atoms with van der Waals surface area (Å²) >= 11 is 0. The molecule has 5 nitrogen and oxygen atoms in total. The Labute approximate surface area is 103 Å². The van der Waals surface area contributed by atoms with E-state index >= 15 is 0 Å². The number of hydrogen-bond acceptors (Lipinski definition) is 3. The van der Waals surface area contributed by atoms with E-state index in [4.69, 9.17) is 10.9 Å². The van der Waals surface area contributed by atoms with Gasteiger partial charge >= 0.3 is 0 Å². The summed E-state index contributed by atoms with van der Waals surface area (Å²) in [6.45, 7) is 5.62. The Hall–Kier alpha value is -1.26. The van der Waals surface area contributed by atoms with Gasteiger partial charge in [0.25, 0.3) is 0 Å². The largest absolute Gasteiger partial charge is 0.409 e. The highest BCUT2D eigenvalue weighted by Gasteiger charge is 2.25. The Kier molecular flexibility index (Phi) is 5.25. The van der Waals surface area contributed by atoms with Crippen molar-refractivity contribution in [3.63, 3.8) is 0 Å². The third-order valence-corrected chi connectivity index (χ3v) is 3.24. The molecule has 1 amide bonds. The lowest BCUT2D eigenvalue weighted by molar-refractivity contribution is -0.132. The van der Waals surface area contributed by atoms with Crippen molar-refractivity contribution in [3.05, 3.63) is 0 Å². The molecule has 0 spiro atoms. The smallest absolute Gasteiger partial charge is 0.222 e. The first-order valence-corrected chi connectivity index (χ1v) is 6.29. The van der Waals surface area contributed by atoms with Gasteiger partial charge in [-0.1, -0.05) is 19.0 Å². The molecular weight excluding hydrogens is 218 g/mol. The average Bonchev–Trinajstić information content (AvgIpc) is 2.35. The summed E-state index contributed by atoms with van der Waals surface area (Å²) in [6.07, 6.45) is 3.34. The third-order valence-electron chi connectivity index (χ3n) is 3.24. The molecule has 1 unspecified atom stereocenters. The molecule has 3 N–H and O–H groups in total. The Balaban J connectivity index is 2.46. The summed E-state index contributed by atoms with van der Waals surface area (Å²) in [5.41, 5.74) is 5.59. The van der Waals surface area contributed by atoms with Crippen molar-refractivity contribution in [1.29, 1.82) is 0 Å². The predicted molar refractivity (Wildman–Crippen MR) is 66.8 cm³/mol. The zero-order valence-corrected chi connectivity index (χ0v) is 10.7. The van der Waals surface area contributed by atoms with Crippen LogP contribution in [-0.2, 0) is 4.79 Å². The molecule has 5 heteroatoms. The number of nitrogens with zero attached hydrogens (tertiary/aromatic N) is 2. The molecule has 0 saturated carbocycles. The molecule has 0 aromatic carbocycles. The van der Waals surface area contributed by atoms with E-state index in [0.29, 0.717) is 18.9 Å². The lowest BCUT2D eigenvalue weighted by Crippen LogP contribution is -2.44. The first kappa shape index (κ1) is 13.8. The third kappa shape index (κ3) is 4.24. The van der Waals surface area contributed by atoms with E-state index in [2.05, 4.69) is 19.0 Å². The maximum atomic E-state index is 11.9. The first-order chi connectivity index (χ1) is 8.04. The minimum absolute atomic E-state index is 0.0109. The van der Waals surface area contributed by atoms with Crippen LogP contribution in [0.25, 0.3) is 0 Å². The number of rotatable bonds is 4. The molecule has 0 aliphatic carbocycles. The van der Waals surface area contributed by atoms with Gasteiger partial charge in [0.15, 0.2) is 0 Å². The fraction of sp³-hybridized carbons (Fsp3) is 0.833. The van der Waals surface area contributed by atoms with Gasteiger partial charge in [0, 0.05) is 25.4 Å². The minimum Gasteiger partial charge on any atom is -0.409 e. The molecule has 1 fully saturated rings. The van der Waals surface area contributed by atoms with E-state index in [-0.39, 0.29) is 17.7 Å². The molecule has 1 aliphatic rings. The van der Waals surface area contributed by atoms with E-state index in [9.17, 15) is 4.79 Å². The van der Waals surface area contributed by atoms with Crippen LogP contribution < -0.4 is 5.73 Å². The highest BCUT2D eigenvalue weighted by atomic mass is 16.4. The number of likely N-dealkylation sites (tertiary alicyclic amines) is 1. The molecule has 1 atom stereocenters. The summed E-state index contributed by atoms with van der Waals surface area (Å²) in [5, 5.41) is 11.7. The summed E-state index contributed by atoms with van der Waals surface area (Å²) in [7, 11) is 0. The van der Waals surface area contributed by atoms with Crippen molar-refractivity contribution in [1.82, 2.24) is 4.90 Å². The zero-order chi connectivity index (χ0) is 12.8. The van der Waals surface area contributed by atoms with Gasteiger partial charge in [-0.25, -0.2) is 0 Å². The van der Waals surface area contributed by atoms with Gasteiger partial charge in [0.2, 0.25) is 5.91 Å². The molecule has 0 radical (unpaired) electrons. The Morgan fingerprint density at radius 2 is 2.29 bits per heavy atom. The van der Waals surface area contributed by atoms with Crippen LogP contribution in [-0.4, -0.2) is 34.9 Å². The van der Waals surface area contributed by atoms with E-state index in [1.807, 2.05) is 4.90 Å². The molecule has 1 heterocycles. The maximum absolute atomic E-state index is 11.9. The average molecular weight is 241 g/mol. The van der Waals surface area contributed by atoms with Crippen molar-refractivity contribution in [3.8, 4) is 0 Å². The highest BCUT2D eigenvalue weighted by Crippen LogP contribution is 2.18. The molecule has 1 aliphatic heterocycles. The van der Waals surface area contributed by atoms with Crippen molar-refractivity contribution in [2.75, 3.05) is 13.1 Å². The van der Waals surface area contributed by atoms with Crippen LogP contribution in [0.3, 0.4) is 0 Å². The Morgan fingerprint density at radius 3 is 2.88 bits per heavy atom. The van der Waals surface area contributed by atoms with Crippen LogP contribution in [0.1, 0.15) is 39.5 Å². The molecule has 17 heavy (non-hydrogen) atoms. The summed E-state index contributed by atoms with van der Waals surface area (Å²) in [5.74, 6) is 0.987. The van der Waals surface area contributed by atoms with Crippen molar-refractivity contribution >= 4 is 11.7 Å². The normalized spacial score (nSPS) is 21.9. The van der Waals surface area contributed by atoms with Crippen LogP contribution in [0.15, 0.2) is 5.16 Å². The second kappa shape index (κ2) is 6.47. The SMILES string of the molecule is CC(C)CCC(=O)N1CCCC(C(N)=NO)C1. The Morgan fingerprint density at radius 1 is 1.59 bits per heavy atom. The first-order valence-electron chi connectivity index (χ1n) is 6.29. The second-order valence-electron chi connectivity index (χ2n) is 5.14. The number of oxime groups is 1. The molecular formula is C12H23N3O2. The number of carbonyl (C=O) groups excluding carboxylic acids is 1. The van der Waals surface area contributed by atoms with Gasteiger partial charge in [-0.05, 0) is 25.2 Å². The lowest BCUT2D eigenvalue weighted by atomic mass is 9.96. The summed E-state index contributed by atoms with van der Waals surface area (Å²) < 4.78 is 0. The zero-order valence-electron chi connectivity index (χ0n) is 10.7. The number of piperidine rings is 1. The van der Waals surface area contributed by atoms with E-state index in [1.54, 1.807) is 0 Å². The van der Waals surface area contributed by atoms with Crippen molar-refractivity contribution < 1.29 is 10.0 Å². The predicted octanol–water partition coefficient (Wildman–Crippen LogP) is 1.41. The standard InChI is InChI=1S/C12H23N3O2/c1-9(2)5-6-11(16)15-7-3-4-10(8-15)12(13)14-17/h9-10,17H,3-8H2,1-2H3,(H2,13,14). The van der Waals surface area contributed by atoms with Crippen LogP contribution in [0.4, 0.5) is 0 Å². The van der Waals surface area contributed by atoms with Crippen LogP contribution in [0.5, 0.6) is 0 Å². The lowest BCUT2D eigenvalue weighted by Gasteiger charge is -2.32. The van der Waals surface area contributed by atoms with E-state index in [0.717, 1.165) is 25.8 Å². The Bertz CT molecular complexity index is 289.